The summed E-state index contributed by atoms with van der Waals surface area (Å²) in [5, 5.41) is 11.6. The number of hydrogen-bond acceptors (Lipinski definition) is 9. The van der Waals surface area contributed by atoms with Crippen LogP contribution < -0.4 is 16.8 Å². The number of nitrogens with two attached hydrogens (primary N) is 2. The predicted octanol–water partition coefficient (Wildman–Crippen LogP) is 5.07. The van der Waals surface area contributed by atoms with Gasteiger partial charge >= 0.3 is 18.3 Å². The lowest BCUT2D eigenvalue weighted by molar-refractivity contribution is -0.181. The largest absolute Gasteiger partial charge is 0.458 e. The highest BCUT2D eigenvalue weighted by atomic mass is 32.2. The van der Waals surface area contributed by atoms with Crippen LogP contribution in [0.4, 0.5) is 17.6 Å². The summed E-state index contributed by atoms with van der Waals surface area (Å²) in [6, 6.07) is 8.42. The van der Waals surface area contributed by atoms with Crippen LogP contribution in [0.1, 0.15) is 77.7 Å². The Bertz CT molecular complexity index is 1370. The SMILES string of the molecule is [C-]#[N+]C(C)(CCC(=O)CCCOCCCO)C[C@](C)(CC(C)(SC(=S)c1ccccc1)C(=O)OCC(F)(F)C(F)F)C(=O)NCCCN=C(N)N. The Kier molecular flexibility index (Phi) is 19.6. The van der Waals surface area contributed by atoms with E-state index in [-0.39, 0.29) is 61.3 Å². The van der Waals surface area contributed by atoms with Crippen molar-refractivity contribution in [3.8, 4) is 0 Å². The lowest BCUT2D eigenvalue weighted by Gasteiger charge is -2.38. The minimum absolute atomic E-state index is 0.00356. The Hall–Kier alpha value is -3.33. The van der Waals surface area contributed by atoms with Crippen LogP contribution in [-0.2, 0) is 23.9 Å². The molecule has 0 heterocycles. The monoisotopic (exact) mass is 763 g/mol. The minimum Gasteiger partial charge on any atom is -0.458 e. The summed E-state index contributed by atoms with van der Waals surface area (Å²) in [6.45, 7) is 11.5. The fourth-order valence-corrected chi connectivity index (χ4v) is 7.12. The van der Waals surface area contributed by atoms with Crippen molar-refractivity contribution in [2.75, 3.05) is 39.5 Å². The van der Waals surface area contributed by atoms with Gasteiger partial charge in [-0.25, -0.2) is 15.4 Å². The molecule has 0 aromatic heterocycles. The number of aliphatic hydroxyl groups is 1. The number of aliphatic imine (C=N–C) groups is 1. The van der Waals surface area contributed by atoms with Crippen LogP contribution in [0, 0.1) is 12.0 Å². The van der Waals surface area contributed by atoms with Crippen molar-refractivity contribution in [1.82, 2.24) is 5.32 Å². The topological polar surface area (TPSA) is 171 Å². The molecule has 1 aromatic rings. The third kappa shape index (κ3) is 16.7. The van der Waals surface area contributed by atoms with Crippen molar-refractivity contribution < 1.29 is 46.5 Å². The maximum atomic E-state index is 14.0. The zero-order valence-corrected chi connectivity index (χ0v) is 30.9. The number of alkyl halides is 4. The number of ether oxygens (including phenoxy) is 2. The summed E-state index contributed by atoms with van der Waals surface area (Å²) in [7, 11) is 0. The van der Waals surface area contributed by atoms with E-state index in [0.717, 1.165) is 11.8 Å². The number of ketones is 1. The van der Waals surface area contributed by atoms with Gasteiger partial charge in [0.25, 0.3) is 0 Å². The molecule has 17 heteroatoms. The van der Waals surface area contributed by atoms with E-state index in [9.17, 15) is 31.9 Å². The molecular weight excluding hydrogens is 715 g/mol. The number of thioether (sulfide) groups is 1. The fourth-order valence-electron chi connectivity index (χ4n) is 5.23. The second-order valence-electron chi connectivity index (χ2n) is 12.9. The van der Waals surface area contributed by atoms with Crippen molar-refractivity contribution in [2.24, 2.45) is 21.9 Å². The Morgan fingerprint density at radius 1 is 1.06 bits per heavy atom. The smallest absolute Gasteiger partial charge is 0.340 e. The highest BCUT2D eigenvalue weighted by Crippen LogP contribution is 2.46. The highest BCUT2D eigenvalue weighted by molar-refractivity contribution is 8.25. The summed E-state index contributed by atoms with van der Waals surface area (Å²) in [6.07, 6.45) is -3.17. The van der Waals surface area contributed by atoms with Crippen LogP contribution in [0.5, 0.6) is 0 Å². The number of esters is 1. The van der Waals surface area contributed by atoms with E-state index < -0.39 is 53.0 Å². The maximum absolute atomic E-state index is 14.0. The standard InChI is InChI=1S/C34H49F4N5O6S2/c1-31(28(46)42-16-9-17-43-30(39)40,21-32(2,41-4)15-14-25(45)13-8-19-48-20-10-18-44)22-33(3,29(47)49-23-34(37,38)27(35)36)51-26(50)24-11-6-5-7-12-24/h5-7,11-12,27,44H,8-10,13-23H2,1-3H3,(H,42,46)(H4,39,40,43)/t31-,32?,33?/m1/s1. The van der Waals surface area contributed by atoms with Gasteiger partial charge < -0.3 is 36.2 Å². The Balaban J connectivity index is 3.43. The van der Waals surface area contributed by atoms with Gasteiger partial charge in [0.05, 0.1) is 9.61 Å². The third-order valence-corrected chi connectivity index (χ3v) is 9.51. The number of aliphatic hydroxyl groups excluding tert-OH is 1. The van der Waals surface area contributed by atoms with Gasteiger partial charge in [0, 0.05) is 65.5 Å². The molecule has 51 heavy (non-hydrogen) atoms. The minimum atomic E-state index is -4.63. The molecule has 0 aliphatic heterocycles. The molecule has 0 fully saturated rings. The fraction of sp³-hybridized carbons (Fsp3) is 0.647. The number of carbonyl (C=O) groups is 3. The van der Waals surface area contributed by atoms with Crippen molar-refractivity contribution in [1.29, 1.82) is 0 Å². The molecule has 286 valence electrons. The second-order valence-corrected chi connectivity index (χ2v) is 15.1. The zero-order chi connectivity index (χ0) is 38.7. The number of amides is 1. The van der Waals surface area contributed by atoms with E-state index in [0.29, 0.717) is 38.0 Å². The van der Waals surface area contributed by atoms with Gasteiger partial charge in [0.2, 0.25) is 11.4 Å². The number of rotatable bonds is 25. The van der Waals surface area contributed by atoms with E-state index in [1.807, 2.05) is 0 Å². The van der Waals surface area contributed by atoms with E-state index in [1.165, 1.54) is 13.8 Å². The first-order valence-corrected chi connectivity index (χ1v) is 17.6. The highest BCUT2D eigenvalue weighted by Gasteiger charge is 2.52. The predicted molar refractivity (Wildman–Crippen MR) is 193 cm³/mol. The first-order valence-electron chi connectivity index (χ1n) is 16.4. The maximum Gasteiger partial charge on any atom is 0.340 e. The van der Waals surface area contributed by atoms with Crippen LogP contribution in [0.25, 0.3) is 4.85 Å². The number of nitrogens with one attached hydrogen (secondary N) is 1. The molecule has 0 bridgehead atoms. The van der Waals surface area contributed by atoms with E-state index >= 15 is 0 Å². The second kappa shape index (κ2) is 21.9. The molecule has 0 spiro atoms. The molecule has 0 aliphatic carbocycles. The van der Waals surface area contributed by atoms with Crippen molar-refractivity contribution in [3.63, 3.8) is 0 Å². The van der Waals surface area contributed by atoms with Crippen molar-refractivity contribution in [3.05, 3.63) is 47.3 Å². The Morgan fingerprint density at radius 2 is 1.71 bits per heavy atom. The molecule has 6 N–H and O–H groups in total. The molecule has 11 nitrogen and oxygen atoms in total. The van der Waals surface area contributed by atoms with Crippen LogP contribution in [0.3, 0.4) is 0 Å². The van der Waals surface area contributed by atoms with Crippen LogP contribution >= 0.6 is 24.0 Å². The molecule has 2 unspecified atom stereocenters. The number of carbonyl (C=O) groups excluding carboxylic acids is 3. The normalized spacial score (nSPS) is 15.1. The number of nitrogens with zero attached hydrogens (tertiary/aromatic N) is 2. The number of guanidine groups is 1. The number of Topliss-reactive ketones (excluding diaryl/α,β-unsaturated/α-hetero) is 1. The average Bonchev–Trinajstić information content (AvgIpc) is 3.07. The van der Waals surface area contributed by atoms with Gasteiger partial charge in [-0.15, -0.1) is 0 Å². The Morgan fingerprint density at radius 3 is 2.29 bits per heavy atom. The van der Waals surface area contributed by atoms with Gasteiger partial charge in [0.15, 0.2) is 12.6 Å². The summed E-state index contributed by atoms with van der Waals surface area (Å²) in [4.78, 5) is 48.0. The molecule has 1 rings (SSSR count). The van der Waals surface area contributed by atoms with Crippen LogP contribution in [0.2, 0.25) is 0 Å². The zero-order valence-electron chi connectivity index (χ0n) is 29.2. The molecule has 0 saturated carbocycles. The molecule has 0 aliphatic rings. The summed E-state index contributed by atoms with van der Waals surface area (Å²) < 4.78 is 62.1. The van der Waals surface area contributed by atoms with E-state index in [1.54, 1.807) is 37.3 Å². The first kappa shape index (κ1) is 45.7. The molecular formula is C34H49F4N5O6S2. The van der Waals surface area contributed by atoms with Gasteiger partial charge in [-0.05, 0) is 38.2 Å². The van der Waals surface area contributed by atoms with E-state index in [4.69, 9.17) is 44.8 Å². The average molecular weight is 764 g/mol. The van der Waals surface area contributed by atoms with Gasteiger partial charge in [-0.2, -0.15) is 8.78 Å². The van der Waals surface area contributed by atoms with Crippen molar-refractivity contribution >= 4 is 51.8 Å². The summed E-state index contributed by atoms with van der Waals surface area (Å²) in [5.74, 6) is -6.80. The summed E-state index contributed by atoms with van der Waals surface area (Å²) in [5.41, 5.74) is 8.34. The third-order valence-electron chi connectivity index (χ3n) is 7.84. The number of benzene rings is 1. The van der Waals surface area contributed by atoms with Crippen molar-refractivity contribution in [2.45, 2.75) is 94.8 Å². The van der Waals surface area contributed by atoms with Crippen LogP contribution in [0.15, 0.2) is 35.3 Å². The van der Waals surface area contributed by atoms with Gasteiger partial charge in [0.1, 0.15) is 10.5 Å². The Labute approximate surface area is 306 Å². The molecule has 0 radical (unpaired) electrons. The molecule has 1 amide bonds. The van der Waals surface area contributed by atoms with Crippen LogP contribution in [-0.4, -0.2) is 95.1 Å². The first-order chi connectivity index (χ1) is 23.8. The number of halogens is 4. The lowest BCUT2D eigenvalue weighted by atomic mass is 9.70. The van der Waals surface area contributed by atoms with Gasteiger partial charge in [-0.1, -0.05) is 61.2 Å². The molecule has 1 aromatic carbocycles. The molecule has 0 saturated heterocycles. The quantitative estimate of drug-likeness (QED) is 0.0201. The summed E-state index contributed by atoms with van der Waals surface area (Å²) >= 11 is 6.33. The molecule has 3 atom stereocenters. The number of thiocarbonyl (C=S) groups is 1. The van der Waals surface area contributed by atoms with E-state index in [2.05, 4.69) is 15.2 Å². The number of hydrogen-bond donors (Lipinski definition) is 4. The van der Waals surface area contributed by atoms with Gasteiger partial charge in [-0.3, -0.25) is 19.4 Å². The lowest BCUT2D eigenvalue weighted by Crippen LogP contribution is -2.50.